The molecule has 1 aliphatic heterocycles. The number of para-hydroxylation sites is 1. The minimum atomic E-state index is -4.75. The fraction of sp³-hybridized carbons (Fsp3) is 0.579. The number of hydrogen-bond acceptors (Lipinski definition) is 9. The molecule has 3 N–H and O–H groups in total. The smallest absolute Gasteiger partial charge is 0.419 e. The lowest BCUT2D eigenvalue weighted by molar-refractivity contribution is -0.145. The number of carbonyl (C=O) groups excluding carboxylic acids is 6. The molecule has 2 heterocycles. The quantitative estimate of drug-likeness (QED) is 0.239. The summed E-state index contributed by atoms with van der Waals surface area (Å²) in [7, 11) is 0. The lowest BCUT2D eigenvalue weighted by Gasteiger charge is -2.37. The molecule has 0 bridgehead atoms. The average molecular weight is 759 g/mol. The molecule has 1 saturated heterocycles. The van der Waals surface area contributed by atoms with E-state index in [1.807, 2.05) is 0 Å². The van der Waals surface area contributed by atoms with Crippen molar-refractivity contribution in [3.63, 3.8) is 0 Å². The van der Waals surface area contributed by atoms with Crippen LogP contribution < -0.4 is 20.7 Å². The average Bonchev–Trinajstić information content (AvgIpc) is 3.55. The van der Waals surface area contributed by atoms with E-state index < -0.39 is 88.4 Å². The molecule has 13 nitrogen and oxygen atoms in total. The van der Waals surface area contributed by atoms with E-state index in [0.717, 1.165) is 43.2 Å². The number of hydrogen-bond donors (Lipinski definition) is 3. The van der Waals surface area contributed by atoms with Crippen LogP contribution in [0.4, 0.5) is 13.2 Å². The standard InChI is InChI=1S/C38H49F3N6O7/c1-6-12-26(31(49)22(2)48)44-34(51)28-19-24(54-29-16-11-10-15-25(29)38(39,40)41)21-47(28)36(53)32(37(3,4)5)46-35(52)30(23-13-8-7-9-14-23)45-33(50)27-20-42-17-18-43-27/h10-11,15-18,20,23-24,26,28,30,32H,6-9,12-14,19,21H2,1-5H3,(H,44,51)(H,45,50)(H,46,52)/t24-,26+,28+,30?,32-/m1/s1. The van der Waals surface area contributed by atoms with Gasteiger partial charge in [-0.2, -0.15) is 13.2 Å². The molecule has 294 valence electrons. The molecule has 0 spiro atoms. The molecule has 5 atom stereocenters. The second-order valence-electron chi connectivity index (χ2n) is 15.0. The summed E-state index contributed by atoms with van der Waals surface area (Å²) in [4.78, 5) is 89.7. The zero-order valence-corrected chi connectivity index (χ0v) is 31.2. The van der Waals surface area contributed by atoms with Gasteiger partial charge >= 0.3 is 6.18 Å². The fourth-order valence-electron chi connectivity index (χ4n) is 6.97. The van der Waals surface area contributed by atoms with Gasteiger partial charge in [-0.1, -0.05) is 65.5 Å². The van der Waals surface area contributed by atoms with Crippen LogP contribution in [-0.2, 0) is 30.1 Å². The van der Waals surface area contributed by atoms with Crippen LogP contribution in [0, 0.1) is 11.3 Å². The van der Waals surface area contributed by atoms with E-state index in [-0.39, 0.29) is 31.0 Å². The van der Waals surface area contributed by atoms with Crippen LogP contribution >= 0.6 is 0 Å². The highest BCUT2D eigenvalue weighted by atomic mass is 19.4. The lowest BCUT2D eigenvalue weighted by Crippen LogP contribution is -2.62. The van der Waals surface area contributed by atoms with Gasteiger partial charge in [0.05, 0.1) is 24.3 Å². The Morgan fingerprint density at radius 2 is 1.65 bits per heavy atom. The fourth-order valence-corrected chi connectivity index (χ4v) is 6.97. The summed E-state index contributed by atoms with van der Waals surface area (Å²) >= 11 is 0. The highest BCUT2D eigenvalue weighted by molar-refractivity contribution is 6.38. The molecule has 4 rings (SSSR count). The molecule has 1 unspecified atom stereocenters. The zero-order chi connectivity index (χ0) is 39.8. The van der Waals surface area contributed by atoms with Crippen molar-refractivity contribution < 1.29 is 46.7 Å². The van der Waals surface area contributed by atoms with Crippen molar-refractivity contribution in [2.45, 2.75) is 122 Å². The SMILES string of the molecule is CCC[C@H](NC(=O)[C@@H]1C[C@@H](Oc2ccccc2C(F)(F)F)CN1C(=O)[C@@H](NC(=O)C(NC(=O)c1cnccn1)C1CCCCC1)C(C)(C)C)C(=O)C(C)=O. The summed E-state index contributed by atoms with van der Waals surface area (Å²) in [6, 6.07) is -0.275. The molecule has 1 aromatic carbocycles. The number of aromatic nitrogens is 2. The van der Waals surface area contributed by atoms with Crippen LogP contribution in [0.1, 0.15) is 102 Å². The molecular formula is C38H49F3N6O7. The summed E-state index contributed by atoms with van der Waals surface area (Å²) in [5.41, 5.74) is -2.01. The van der Waals surface area contributed by atoms with Crippen molar-refractivity contribution >= 4 is 35.2 Å². The second-order valence-corrected chi connectivity index (χ2v) is 15.0. The van der Waals surface area contributed by atoms with Crippen LogP contribution in [0.5, 0.6) is 5.75 Å². The zero-order valence-electron chi connectivity index (χ0n) is 31.2. The van der Waals surface area contributed by atoms with Gasteiger partial charge in [-0.15, -0.1) is 0 Å². The van der Waals surface area contributed by atoms with Crippen LogP contribution in [0.15, 0.2) is 42.9 Å². The van der Waals surface area contributed by atoms with Gasteiger partial charge in [0.1, 0.15) is 35.7 Å². The van der Waals surface area contributed by atoms with Gasteiger partial charge in [-0.05, 0) is 42.7 Å². The van der Waals surface area contributed by atoms with Gasteiger partial charge in [0.2, 0.25) is 23.5 Å². The summed E-state index contributed by atoms with van der Waals surface area (Å²) in [5.74, 6) is -5.12. The Hall–Kier alpha value is -4.89. The van der Waals surface area contributed by atoms with Crippen molar-refractivity contribution in [1.82, 2.24) is 30.8 Å². The number of carbonyl (C=O) groups is 6. The number of halogens is 3. The van der Waals surface area contributed by atoms with Crippen LogP contribution in [-0.4, -0.2) is 86.9 Å². The minimum Gasteiger partial charge on any atom is -0.488 e. The molecule has 2 aromatic rings. The second kappa shape index (κ2) is 18.0. The van der Waals surface area contributed by atoms with E-state index in [2.05, 4.69) is 25.9 Å². The minimum absolute atomic E-state index is 0.00301. The molecule has 16 heteroatoms. The maximum absolute atomic E-state index is 14.6. The monoisotopic (exact) mass is 758 g/mol. The molecule has 2 aliphatic rings. The molecular weight excluding hydrogens is 709 g/mol. The Bertz CT molecular complexity index is 1680. The third-order valence-corrected chi connectivity index (χ3v) is 9.78. The number of nitrogens with one attached hydrogen (secondary N) is 3. The Labute approximate surface area is 312 Å². The number of rotatable bonds is 14. The summed E-state index contributed by atoms with van der Waals surface area (Å²) < 4.78 is 47.5. The number of ether oxygens (including phenoxy) is 1. The van der Waals surface area contributed by atoms with E-state index >= 15 is 0 Å². The number of ketones is 2. The Morgan fingerprint density at radius 1 is 0.963 bits per heavy atom. The molecule has 1 saturated carbocycles. The van der Waals surface area contributed by atoms with Gasteiger partial charge in [0, 0.05) is 25.7 Å². The van der Waals surface area contributed by atoms with Crippen molar-refractivity contribution in [2.75, 3.05) is 6.54 Å². The van der Waals surface area contributed by atoms with Crippen LogP contribution in [0.3, 0.4) is 0 Å². The highest BCUT2D eigenvalue weighted by Crippen LogP contribution is 2.38. The lowest BCUT2D eigenvalue weighted by atomic mass is 9.82. The van der Waals surface area contributed by atoms with Crippen molar-refractivity contribution in [3.05, 3.63) is 54.1 Å². The molecule has 0 radical (unpaired) electrons. The van der Waals surface area contributed by atoms with Crippen molar-refractivity contribution in [1.29, 1.82) is 0 Å². The molecule has 1 aliphatic carbocycles. The first-order chi connectivity index (χ1) is 25.4. The van der Waals surface area contributed by atoms with Crippen molar-refractivity contribution in [2.24, 2.45) is 11.3 Å². The van der Waals surface area contributed by atoms with E-state index in [1.165, 1.54) is 30.7 Å². The van der Waals surface area contributed by atoms with Gasteiger partial charge in [-0.3, -0.25) is 33.8 Å². The highest BCUT2D eigenvalue weighted by Gasteiger charge is 2.48. The Balaban J connectivity index is 1.66. The van der Waals surface area contributed by atoms with E-state index in [1.54, 1.807) is 27.7 Å². The summed E-state index contributed by atoms with van der Waals surface area (Å²) in [5, 5.41) is 8.20. The predicted octanol–water partition coefficient (Wildman–Crippen LogP) is 4.20. The summed E-state index contributed by atoms with van der Waals surface area (Å²) in [6.07, 6.45) is 2.44. The van der Waals surface area contributed by atoms with Crippen LogP contribution in [0.25, 0.3) is 0 Å². The van der Waals surface area contributed by atoms with Crippen LogP contribution in [0.2, 0.25) is 0 Å². The number of benzene rings is 1. The normalized spacial score (nSPS) is 19.6. The largest absolute Gasteiger partial charge is 0.488 e. The first-order valence-corrected chi connectivity index (χ1v) is 18.3. The van der Waals surface area contributed by atoms with Gasteiger partial charge in [0.25, 0.3) is 5.91 Å². The number of amides is 4. The third-order valence-electron chi connectivity index (χ3n) is 9.78. The number of nitrogens with zero attached hydrogens (tertiary/aromatic N) is 3. The number of alkyl halides is 3. The molecule has 4 amide bonds. The molecule has 1 aromatic heterocycles. The van der Waals surface area contributed by atoms with Gasteiger partial charge < -0.3 is 25.6 Å². The first kappa shape index (κ1) is 41.9. The number of likely N-dealkylation sites (tertiary alicyclic amines) is 1. The molecule has 54 heavy (non-hydrogen) atoms. The van der Waals surface area contributed by atoms with E-state index in [4.69, 9.17) is 4.74 Å². The first-order valence-electron chi connectivity index (χ1n) is 18.3. The third kappa shape index (κ3) is 10.6. The summed E-state index contributed by atoms with van der Waals surface area (Å²) in [6.45, 7) is 7.60. The number of Topliss-reactive ketones (excluding diaryl/α,β-unsaturated/α-hetero) is 2. The molecule has 2 fully saturated rings. The maximum Gasteiger partial charge on any atom is 0.419 e. The predicted molar refractivity (Wildman–Crippen MR) is 190 cm³/mol. The van der Waals surface area contributed by atoms with Gasteiger partial charge in [-0.25, -0.2) is 4.98 Å². The topological polar surface area (TPSA) is 177 Å². The van der Waals surface area contributed by atoms with Gasteiger partial charge in [0.15, 0.2) is 5.78 Å². The van der Waals surface area contributed by atoms with E-state index in [0.29, 0.717) is 19.3 Å². The Kier molecular flexibility index (Phi) is 13.9. The van der Waals surface area contributed by atoms with E-state index in [9.17, 15) is 41.9 Å². The Morgan fingerprint density at radius 3 is 2.24 bits per heavy atom. The van der Waals surface area contributed by atoms with Crippen molar-refractivity contribution in [3.8, 4) is 5.75 Å². The maximum atomic E-state index is 14.6.